The van der Waals surface area contributed by atoms with Gasteiger partial charge in [-0.15, -0.1) is 0 Å². The summed E-state index contributed by atoms with van der Waals surface area (Å²) < 4.78 is 4.55. The molecule has 0 heterocycles. The van der Waals surface area contributed by atoms with Crippen LogP contribution in [0.15, 0.2) is 0 Å². The monoisotopic (exact) mass is 165 g/mol. The van der Waals surface area contributed by atoms with Crippen LogP contribution in [0.4, 0.5) is 0 Å². The Labute approximate surface area is 60.1 Å². The molecule has 0 bridgehead atoms. The van der Waals surface area contributed by atoms with Gasteiger partial charge in [-0.3, -0.25) is 4.79 Å². The maximum Gasteiger partial charge on any atom is 0.302 e. The fraction of sp³-hybridized carbons (Fsp3) is 0.800. The van der Waals surface area contributed by atoms with E-state index in [1.807, 2.05) is 6.92 Å². The molecule has 0 rings (SSSR count). The quantitative estimate of drug-likeness (QED) is 0.450. The zero-order valence-electron chi connectivity index (χ0n) is 5.03. The molecule has 0 aliphatic rings. The third kappa shape index (κ3) is 9.37. The molecule has 3 heteroatoms. The molecule has 0 aliphatic carbocycles. The van der Waals surface area contributed by atoms with Crippen molar-refractivity contribution in [2.24, 2.45) is 0 Å². The molecule has 0 aliphatic heterocycles. The predicted molar refractivity (Wildman–Crippen MR) is 26.9 cm³/mol. The number of carbonyl (C=O) groups excluding carboxylic acids is 1. The standard InChI is InChI=1S/C5H10O2.Cu/c1-3-4-7-5(2)6;/h3-4H2,1-2H3;. The van der Waals surface area contributed by atoms with Crippen LogP contribution >= 0.6 is 0 Å². The first-order chi connectivity index (χ1) is 3.27. The summed E-state index contributed by atoms with van der Waals surface area (Å²) in [5, 5.41) is 0. The van der Waals surface area contributed by atoms with E-state index >= 15 is 0 Å². The van der Waals surface area contributed by atoms with Crippen molar-refractivity contribution in [1.29, 1.82) is 0 Å². The Morgan fingerprint density at radius 1 is 1.62 bits per heavy atom. The molecule has 0 unspecified atom stereocenters. The minimum Gasteiger partial charge on any atom is -0.466 e. The first-order valence-electron chi connectivity index (χ1n) is 2.40. The van der Waals surface area contributed by atoms with Crippen LogP contribution in [-0.4, -0.2) is 12.6 Å². The second-order valence-corrected chi connectivity index (χ2v) is 1.34. The molecule has 0 N–H and O–H groups in total. The third-order valence-corrected chi connectivity index (χ3v) is 0.509. The first-order valence-corrected chi connectivity index (χ1v) is 2.40. The van der Waals surface area contributed by atoms with E-state index in [1.54, 1.807) is 0 Å². The smallest absolute Gasteiger partial charge is 0.302 e. The largest absolute Gasteiger partial charge is 0.466 e. The van der Waals surface area contributed by atoms with Gasteiger partial charge in [0.05, 0.1) is 6.61 Å². The van der Waals surface area contributed by atoms with E-state index in [-0.39, 0.29) is 23.0 Å². The van der Waals surface area contributed by atoms with Gasteiger partial charge < -0.3 is 4.74 Å². The predicted octanol–water partition coefficient (Wildman–Crippen LogP) is 0.957. The minimum atomic E-state index is -0.193. The molecule has 0 amide bonds. The van der Waals surface area contributed by atoms with Crippen molar-refractivity contribution in [2.45, 2.75) is 20.3 Å². The van der Waals surface area contributed by atoms with E-state index in [0.29, 0.717) is 6.61 Å². The van der Waals surface area contributed by atoms with Crippen molar-refractivity contribution in [3.8, 4) is 0 Å². The molecule has 0 aromatic rings. The fourth-order valence-corrected chi connectivity index (χ4v) is 0.246. The number of esters is 1. The summed E-state index contributed by atoms with van der Waals surface area (Å²) in [6, 6.07) is 0. The zero-order chi connectivity index (χ0) is 5.70. The van der Waals surface area contributed by atoms with Crippen molar-refractivity contribution in [3.05, 3.63) is 0 Å². The van der Waals surface area contributed by atoms with Gasteiger partial charge in [0.15, 0.2) is 0 Å². The van der Waals surface area contributed by atoms with Crippen molar-refractivity contribution < 1.29 is 26.6 Å². The summed E-state index contributed by atoms with van der Waals surface area (Å²) in [5.74, 6) is -0.193. The average molecular weight is 166 g/mol. The molecule has 0 atom stereocenters. The summed E-state index contributed by atoms with van der Waals surface area (Å²) in [7, 11) is 0. The summed E-state index contributed by atoms with van der Waals surface area (Å²) >= 11 is 0. The van der Waals surface area contributed by atoms with E-state index in [9.17, 15) is 4.79 Å². The molecule has 53 valence electrons. The molecular weight excluding hydrogens is 156 g/mol. The minimum absolute atomic E-state index is 0. The van der Waals surface area contributed by atoms with Gasteiger partial charge in [0, 0.05) is 24.0 Å². The number of rotatable bonds is 2. The molecule has 0 saturated heterocycles. The summed E-state index contributed by atoms with van der Waals surface area (Å²) in [5.41, 5.74) is 0. The molecule has 1 radical (unpaired) electrons. The van der Waals surface area contributed by atoms with Gasteiger partial charge in [0.25, 0.3) is 0 Å². The van der Waals surface area contributed by atoms with E-state index in [0.717, 1.165) is 6.42 Å². The van der Waals surface area contributed by atoms with Gasteiger partial charge in [0.1, 0.15) is 0 Å². The molecule has 0 spiro atoms. The van der Waals surface area contributed by atoms with Gasteiger partial charge in [0.2, 0.25) is 0 Å². The topological polar surface area (TPSA) is 26.3 Å². The van der Waals surface area contributed by atoms with Crippen LogP contribution in [0.1, 0.15) is 20.3 Å². The molecule has 0 aromatic heterocycles. The van der Waals surface area contributed by atoms with E-state index in [4.69, 9.17) is 0 Å². The van der Waals surface area contributed by atoms with Crippen LogP contribution in [0.25, 0.3) is 0 Å². The summed E-state index contributed by atoms with van der Waals surface area (Å²) in [6.07, 6.45) is 0.902. The molecule has 8 heavy (non-hydrogen) atoms. The van der Waals surface area contributed by atoms with E-state index < -0.39 is 0 Å². The van der Waals surface area contributed by atoms with Gasteiger partial charge in [-0.05, 0) is 6.42 Å². The Hall–Kier alpha value is -0.0105. The van der Waals surface area contributed by atoms with Crippen molar-refractivity contribution in [1.82, 2.24) is 0 Å². The Kier molecular flexibility index (Phi) is 9.51. The van der Waals surface area contributed by atoms with Crippen LogP contribution in [0.2, 0.25) is 0 Å². The second-order valence-electron chi connectivity index (χ2n) is 1.34. The van der Waals surface area contributed by atoms with E-state index in [1.165, 1.54) is 6.92 Å². The van der Waals surface area contributed by atoms with Crippen LogP contribution < -0.4 is 0 Å². The first kappa shape index (κ1) is 10.9. The van der Waals surface area contributed by atoms with Crippen LogP contribution in [0, 0.1) is 0 Å². The second kappa shape index (κ2) is 6.99. The van der Waals surface area contributed by atoms with Gasteiger partial charge in [-0.1, -0.05) is 6.92 Å². The van der Waals surface area contributed by atoms with Crippen molar-refractivity contribution in [3.63, 3.8) is 0 Å². The van der Waals surface area contributed by atoms with Gasteiger partial charge in [-0.2, -0.15) is 0 Å². The molecule has 2 nitrogen and oxygen atoms in total. The average Bonchev–Trinajstić information content (AvgIpc) is 1.61. The molecular formula is C5H10CuO2. The van der Waals surface area contributed by atoms with Crippen LogP contribution in [-0.2, 0) is 26.6 Å². The molecule has 0 fully saturated rings. The van der Waals surface area contributed by atoms with Crippen molar-refractivity contribution in [2.75, 3.05) is 6.61 Å². The summed E-state index contributed by atoms with van der Waals surface area (Å²) in [6.45, 7) is 3.92. The number of hydrogen-bond acceptors (Lipinski definition) is 2. The zero-order valence-corrected chi connectivity index (χ0v) is 5.97. The molecule has 0 saturated carbocycles. The number of ether oxygens (including phenoxy) is 1. The van der Waals surface area contributed by atoms with Gasteiger partial charge in [-0.25, -0.2) is 0 Å². The maximum absolute atomic E-state index is 9.98. The van der Waals surface area contributed by atoms with Crippen LogP contribution in [0.5, 0.6) is 0 Å². The Morgan fingerprint density at radius 3 is 2.25 bits per heavy atom. The number of hydrogen-bond donors (Lipinski definition) is 0. The van der Waals surface area contributed by atoms with E-state index in [2.05, 4.69) is 4.74 Å². The Balaban J connectivity index is 0. The van der Waals surface area contributed by atoms with Gasteiger partial charge >= 0.3 is 5.97 Å². The molecule has 0 aromatic carbocycles. The van der Waals surface area contributed by atoms with Crippen LogP contribution in [0.3, 0.4) is 0 Å². The maximum atomic E-state index is 9.98. The SMILES string of the molecule is CCCOC(C)=O.[Cu]. The Bertz CT molecular complexity index is 63.4. The third-order valence-electron chi connectivity index (χ3n) is 0.509. The summed E-state index contributed by atoms with van der Waals surface area (Å²) in [4.78, 5) is 9.98. The fourth-order valence-electron chi connectivity index (χ4n) is 0.246. The van der Waals surface area contributed by atoms with Crippen molar-refractivity contribution >= 4 is 5.97 Å². The normalized spacial score (nSPS) is 7.25. The Morgan fingerprint density at radius 2 is 2.12 bits per heavy atom. The number of carbonyl (C=O) groups is 1.